The van der Waals surface area contributed by atoms with Gasteiger partial charge in [0, 0.05) is 5.56 Å². The van der Waals surface area contributed by atoms with Crippen molar-refractivity contribution in [3.63, 3.8) is 0 Å². The molecule has 2 aromatic carbocycles. The number of benzene rings is 2. The van der Waals surface area contributed by atoms with E-state index in [1.165, 1.54) is 5.56 Å². The van der Waals surface area contributed by atoms with E-state index >= 15 is 0 Å². The number of oxime groups is 1. The van der Waals surface area contributed by atoms with Crippen molar-refractivity contribution in [2.75, 3.05) is 14.2 Å². The summed E-state index contributed by atoms with van der Waals surface area (Å²) < 4.78 is 10.8. The van der Waals surface area contributed by atoms with Crippen LogP contribution < -0.4 is 9.47 Å². The Labute approximate surface area is 146 Å². The molecule has 0 saturated heterocycles. The summed E-state index contributed by atoms with van der Waals surface area (Å²) in [5.74, 6) is 1.42. The van der Waals surface area contributed by atoms with Crippen LogP contribution in [0.15, 0.2) is 46.7 Å². The number of methoxy groups -OCH3 is 2. The summed E-state index contributed by atoms with van der Waals surface area (Å²) in [4.78, 5) is 16.0. The first kappa shape index (κ1) is 17.0. The number of nitrogens with zero attached hydrogens (tertiary/aromatic N) is 2. The molecule has 0 radical (unpaired) electrons. The van der Waals surface area contributed by atoms with Crippen molar-refractivity contribution in [2.24, 2.45) is 10.3 Å². The van der Waals surface area contributed by atoms with Crippen LogP contribution in [0.1, 0.15) is 29.5 Å². The van der Waals surface area contributed by atoms with E-state index in [9.17, 15) is 4.91 Å². The Bertz CT molecular complexity index is 785. The van der Waals surface area contributed by atoms with E-state index in [4.69, 9.17) is 14.3 Å². The summed E-state index contributed by atoms with van der Waals surface area (Å²) in [6, 6.07) is 10.9. The van der Waals surface area contributed by atoms with Crippen LogP contribution in [-0.2, 0) is 17.9 Å². The average Bonchev–Trinajstić information content (AvgIpc) is 2.67. The zero-order chi connectivity index (χ0) is 17.6. The van der Waals surface area contributed by atoms with Crippen molar-refractivity contribution in [1.29, 1.82) is 0 Å². The minimum atomic E-state index is 0.339. The lowest BCUT2D eigenvalue weighted by molar-refractivity contribution is 0.130. The largest absolute Gasteiger partial charge is 0.493 e. The standard InChI is InChI=1S/C19H20N2O4/c1-23-18-10-14-4-3-5-17(16(14)11-19(18)24-2)21-25-12-13-6-8-15(20-22)9-7-13/h6-11H,3-5,12H2,1-2H3/b21-17+. The highest BCUT2D eigenvalue weighted by atomic mass is 16.6. The van der Waals surface area contributed by atoms with E-state index < -0.39 is 0 Å². The minimum absolute atomic E-state index is 0.339. The predicted molar refractivity (Wildman–Crippen MR) is 95.7 cm³/mol. The van der Waals surface area contributed by atoms with Gasteiger partial charge in [-0.15, -0.1) is 4.91 Å². The number of hydrogen-bond donors (Lipinski definition) is 0. The van der Waals surface area contributed by atoms with E-state index in [1.807, 2.05) is 12.1 Å². The Morgan fingerprint density at radius 3 is 2.40 bits per heavy atom. The molecule has 0 fully saturated rings. The minimum Gasteiger partial charge on any atom is -0.493 e. The normalized spacial score (nSPS) is 14.7. The molecule has 0 heterocycles. The molecule has 6 nitrogen and oxygen atoms in total. The highest BCUT2D eigenvalue weighted by Gasteiger charge is 2.20. The summed E-state index contributed by atoms with van der Waals surface area (Å²) >= 11 is 0. The SMILES string of the molecule is COc1cc2c(cc1OC)/C(=N/OCc1ccc(N=O)cc1)CCC2. The van der Waals surface area contributed by atoms with Gasteiger partial charge in [0.1, 0.15) is 12.3 Å². The summed E-state index contributed by atoms with van der Waals surface area (Å²) in [5, 5.41) is 7.21. The molecule has 0 bridgehead atoms. The molecular formula is C19H20N2O4. The fourth-order valence-corrected chi connectivity index (χ4v) is 2.91. The highest BCUT2D eigenvalue weighted by Crippen LogP contribution is 2.34. The fourth-order valence-electron chi connectivity index (χ4n) is 2.91. The Hall–Kier alpha value is -2.89. The van der Waals surface area contributed by atoms with Gasteiger partial charge in [-0.1, -0.05) is 17.3 Å². The van der Waals surface area contributed by atoms with E-state index in [0.717, 1.165) is 41.9 Å². The molecule has 0 spiro atoms. The van der Waals surface area contributed by atoms with Crippen LogP contribution in [0.4, 0.5) is 5.69 Å². The van der Waals surface area contributed by atoms with Gasteiger partial charge in [0.15, 0.2) is 11.5 Å². The average molecular weight is 340 g/mol. The molecule has 2 aromatic rings. The van der Waals surface area contributed by atoms with Crippen molar-refractivity contribution in [3.05, 3.63) is 58.0 Å². The Morgan fingerprint density at radius 2 is 1.72 bits per heavy atom. The zero-order valence-corrected chi connectivity index (χ0v) is 14.3. The molecule has 0 saturated carbocycles. The van der Waals surface area contributed by atoms with Gasteiger partial charge >= 0.3 is 0 Å². The molecular weight excluding hydrogens is 320 g/mol. The van der Waals surface area contributed by atoms with E-state index in [-0.39, 0.29) is 0 Å². The molecule has 1 aliphatic rings. The second-order valence-corrected chi connectivity index (χ2v) is 5.79. The maximum absolute atomic E-state index is 10.4. The Morgan fingerprint density at radius 1 is 1.00 bits per heavy atom. The number of fused-ring (bicyclic) bond motifs is 1. The third-order valence-corrected chi connectivity index (χ3v) is 4.23. The lowest BCUT2D eigenvalue weighted by atomic mass is 9.89. The molecule has 0 N–H and O–H groups in total. The van der Waals surface area contributed by atoms with Crippen LogP contribution in [-0.4, -0.2) is 19.9 Å². The molecule has 0 aliphatic heterocycles. The fraction of sp³-hybridized carbons (Fsp3) is 0.316. The smallest absolute Gasteiger partial charge is 0.161 e. The molecule has 130 valence electrons. The molecule has 0 amide bonds. The lowest BCUT2D eigenvalue weighted by Crippen LogP contribution is -2.13. The van der Waals surface area contributed by atoms with Crippen LogP contribution >= 0.6 is 0 Å². The number of nitroso groups, excluding NO2 is 1. The number of rotatable bonds is 6. The van der Waals surface area contributed by atoms with Gasteiger partial charge in [0.2, 0.25) is 0 Å². The third kappa shape index (κ3) is 3.79. The summed E-state index contributed by atoms with van der Waals surface area (Å²) in [6.07, 6.45) is 2.86. The van der Waals surface area contributed by atoms with Crippen LogP contribution in [0.25, 0.3) is 0 Å². The van der Waals surface area contributed by atoms with Gasteiger partial charge in [-0.2, -0.15) is 0 Å². The van der Waals surface area contributed by atoms with Gasteiger partial charge in [-0.3, -0.25) is 0 Å². The molecule has 1 aliphatic carbocycles. The molecule has 0 atom stereocenters. The van der Waals surface area contributed by atoms with Gasteiger partial charge in [-0.25, -0.2) is 0 Å². The molecule has 3 rings (SSSR count). The summed E-state index contributed by atoms with van der Waals surface area (Å²) in [5.41, 5.74) is 4.47. The lowest BCUT2D eigenvalue weighted by Gasteiger charge is -2.20. The van der Waals surface area contributed by atoms with Crippen molar-refractivity contribution < 1.29 is 14.3 Å². The predicted octanol–water partition coefficient (Wildman–Crippen LogP) is 4.36. The number of aryl methyl sites for hydroxylation is 1. The summed E-state index contributed by atoms with van der Waals surface area (Å²) in [7, 11) is 3.26. The van der Waals surface area contributed by atoms with Crippen LogP contribution in [0.3, 0.4) is 0 Å². The van der Waals surface area contributed by atoms with Gasteiger partial charge in [0.25, 0.3) is 0 Å². The second kappa shape index (κ2) is 7.79. The first-order valence-corrected chi connectivity index (χ1v) is 8.11. The number of hydrogen-bond acceptors (Lipinski definition) is 6. The second-order valence-electron chi connectivity index (χ2n) is 5.79. The maximum Gasteiger partial charge on any atom is 0.161 e. The molecule has 25 heavy (non-hydrogen) atoms. The maximum atomic E-state index is 10.4. The zero-order valence-electron chi connectivity index (χ0n) is 14.3. The van der Waals surface area contributed by atoms with Gasteiger partial charge in [0.05, 0.1) is 19.9 Å². The van der Waals surface area contributed by atoms with Crippen LogP contribution in [0, 0.1) is 4.91 Å². The monoisotopic (exact) mass is 340 g/mol. The quantitative estimate of drug-likeness (QED) is 0.579. The molecule has 0 unspecified atom stereocenters. The molecule has 0 aromatic heterocycles. The van der Waals surface area contributed by atoms with Crippen LogP contribution in [0.2, 0.25) is 0 Å². The first-order valence-electron chi connectivity index (χ1n) is 8.11. The van der Waals surface area contributed by atoms with E-state index in [1.54, 1.807) is 38.5 Å². The number of ether oxygens (including phenoxy) is 2. The molecule has 6 heteroatoms. The summed E-state index contributed by atoms with van der Waals surface area (Å²) in [6.45, 7) is 0.339. The first-order chi connectivity index (χ1) is 12.2. The highest BCUT2D eigenvalue weighted by molar-refractivity contribution is 6.03. The van der Waals surface area contributed by atoms with E-state index in [0.29, 0.717) is 18.0 Å². The van der Waals surface area contributed by atoms with Crippen molar-refractivity contribution in [2.45, 2.75) is 25.9 Å². The topological polar surface area (TPSA) is 69.5 Å². The third-order valence-electron chi connectivity index (χ3n) is 4.23. The van der Waals surface area contributed by atoms with Crippen molar-refractivity contribution in [3.8, 4) is 11.5 Å². The van der Waals surface area contributed by atoms with Crippen molar-refractivity contribution >= 4 is 11.4 Å². The Kier molecular flexibility index (Phi) is 5.28. The van der Waals surface area contributed by atoms with Crippen molar-refractivity contribution in [1.82, 2.24) is 0 Å². The van der Waals surface area contributed by atoms with Gasteiger partial charge in [-0.05, 0) is 59.8 Å². The van der Waals surface area contributed by atoms with Gasteiger partial charge < -0.3 is 14.3 Å². The Balaban J connectivity index is 1.77. The van der Waals surface area contributed by atoms with E-state index in [2.05, 4.69) is 10.3 Å². The van der Waals surface area contributed by atoms with Crippen LogP contribution in [0.5, 0.6) is 11.5 Å².